The molecule has 6 nitrogen and oxygen atoms in total. The van der Waals surface area contributed by atoms with Gasteiger partial charge in [-0.3, -0.25) is 9.59 Å². The van der Waals surface area contributed by atoms with Crippen molar-refractivity contribution >= 4 is 29.0 Å². The highest BCUT2D eigenvalue weighted by Gasteiger charge is 2.11. The quantitative estimate of drug-likeness (QED) is 0.663. The van der Waals surface area contributed by atoms with Crippen molar-refractivity contribution in [2.45, 2.75) is 20.8 Å². The summed E-state index contributed by atoms with van der Waals surface area (Å²) in [5.74, 6) is -0.0894. The minimum atomic E-state index is -0.373. The van der Waals surface area contributed by atoms with E-state index >= 15 is 0 Å². The number of aryl methyl sites for hydroxylation is 2. The van der Waals surface area contributed by atoms with Gasteiger partial charge in [0.1, 0.15) is 5.69 Å². The van der Waals surface area contributed by atoms with Crippen molar-refractivity contribution in [3.8, 4) is 0 Å². The molecule has 0 aliphatic carbocycles. The number of hydrogen-bond donors (Lipinski definition) is 2. The molecule has 3 rings (SSSR count). The van der Waals surface area contributed by atoms with Crippen LogP contribution in [0.4, 0.5) is 17.3 Å². The van der Waals surface area contributed by atoms with Crippen molar-refractivity contribution in [1.82, 2.24) is 9.97 Å². The second kappa shape index (κ2) is 7.78. The fourth-order valence-corrected chi connectivity index (χ4v) is 2.68. The van der Waals surface area contributed by atoms with E-state index < -0.39 is 0 Å². The molecule has 0 aliphatic heterocycles. The molecule has 2 aromatic carbocycles. The number of amides is 1. The summed E-state index contributed by atoms with van der Waals surface area (Å²) in [6, 6.07) is 14.3. The SMILES string of the molecule is CC(=O)c1cccc(NC(=O)c2ccnc(Nc3c(C)cccc3C)n2)c1. The van der Waals surface area contributed by atoms with E-state index in [9.17, 15) is 9.59 Å². The van der Waals surface area contributed by atoms with Crippen molar-refractivity contribution in [3.05, 3.63) is 77.1 Å². The summed E-state index contributed by atoms with van der Waals surface area (Å²) >= 11 is 0. The summed E-state index contributed by atoms with van der Waals surface area (Å²) in [6.07, 6.45) is 1.53. The number of aromatic nitrogens is 2. The molecule has 0 saturated carbocycles. The fourth-order valence-electron chi connectivity index (χ4n) is 2.68. The molecule has 2 N–H and O–H groups in total. The third-order valence-electron chi connectivity index (χ3n) is 4.13. The van der Waals surface area contributed by atoms with Crippen molar-refractivity contribution in [2.24, 2.45) is 0 Å². The lowest BCUT2D eigenvalue weighted by Gasteiger charge is -2.12. The van der Waals surface area contributed by atoms with Crippen LogP contribution in [0.1, 0.15) is 38.9 Å². The van der Waals surface area contributed by atoms with E-state index in [0.717, 1.165) is 16.8 Å². The van der Waals surface area contributed by atoms with E-state index in [2.05, 4.69) is 20.6 Å². The van der Waals surface area contributed by atoms with Gasteiger partial charge >= 0.3 is 0 Å². The highest BCUT2D eigenvalue weighted by Crippen LogP contribution is 2.22. The zero-order valence-corrected chi connectivity index (χ0v) is 15.4. The maximum Gasteiger partial charge on any atom is 0.274 e. The minimum absolute atomic E-state index is 0.0618. The number of anilines is 3. The van der Waals surface area contributed by atoms with E-state index in [1.54, 1.807) is 30.3 Å². The molecule has 0 saturated heterocycles. The predicted molar refractivity (Wildman–Crippen MR) is 106 cm³/mol. The van der Waals surface area contributed by atoms with Crippen LogP contribution in [0.25, 0.3) is 0 Å². The van der Waals surface area contributed by atoms with E-state index in [0.29, 0.717) is 17.2 Å². The zero-order chi connectivity index (χ0) is 19.4. The van der Waals surface area contributed by atoms with Crippen LogP contribution in [0, 0.1) is 13.8 Å². The molecule has 27 heavy (non-hydrogen) atoms. The minimum Gasteiger partial charge on any atom is -0.324 e. The number of carbonyl (C=O) groups is 2. The number of ketones is 1. The third-order valence-corrected chi connectivity index (χ3v) is 4.13. The summed E-state index contributed by atoms with van der Waals surface area (Å²) in [6.45, 7) is 5.47. The second-order valence-electron chi connectivity index (χ2n) is 6.25. The van der Waals surface area contributed by atoms with E-state index in [1.165, 1.54) is 13.1 Å². The van der Waals surface area contributed by atoms with Crippen molar-refractivity contribution in [3.63, 3.8) is 0 Å². The molecule has 0 aliphatic rings. The van der Waals surface area contributed by atoms with Crippen LogP contribution in [-0.4, -0.2) is 21.7 Å². The second-order valence-corrected chi connectivity index (χ2v) is 6.25. The molecule has 136 valence electrons. The smallest absolute Gasteiger partial charge is 0.274 e. The van der Waals surface area contributed by atoms with Crippen molar-refractivity contribution < 1.29 is 9.59 Å². The molecule has 1 aromatic heterocycles. The van der Waals surface area contributed by atoms with Crippen molar-refractivity contribution in [1.29, 1.82) is 0 Å². The number of nitrogens with one attached hydrogen (secondary N) is 2. The number of nitrogens with zero attached hydrogens (tertiary/aromatic N) is 2. The molecule has 3 aromatic rings. The maximum atomic E-state index is 12.5. The van der Waals surface area contributed by atoms with Gasteiger partial charge in [-0.1, -0.05) is 30.3 Å². The summed E-state index contributed by atoms with van der Waals surface area (Å²) in [5.41, 5.74) is 4.35. The molecule has 6 heteroatoms. The molecule has 1 heterocycles. The lowest BCUT2D eigenvalue weighted by atomic mass is 10.1. The average molecular weight is 360 g/mol. The van der Waals surface area contributed by atoms with Gasteiger partial charge in [-0.2, -0.15) is 0 Å². The maximum absolute atomic E-state index is 12.5. The van der Waals surface area contributed by atoms with Crippen LogP contribution in [-0.2, 0) is 0 Å². The first-order valence-electron chi connectivity index (χ1n) is 8.52. The molecule has 0 atom stereocenters. The first kappa shape index (κ1) is 18.3. The summed E-state index contributed by atoms with van der Waals surface area (Å²) in [7, 11) is 0. The molecule has 0 fully saturated rings. The Morgan fingerprint density at radius 1 is 0.963 bits per heavy atom. The highest BCUT2D eigenvalue weighted by atomic mass is 16.2. The van der Waals surface area contributed by atoms with Crippen LogP contribution < -0.4 is 10.6 Å². The van der Waals surface area contributed by atoms with Gasteiger partial charge in [-0.25, -0.2) is 9.97 Å². The van der Waals surface area contributed by atoms with Gasteiger partial charge in [-0.05, 0) is 50.1 Å². The van der Waals surface area contributed by atoms with Crippen LogP contribution in [0.2, 0.25) is 0 Å². The van der Waals surface area contributed by atoms with Gasteiger partial charge in [0.25, 0.3) is 5.91 Å². The van der Waals surface area contributed by atoms with Crippen LogP contribution in [0.3, 0.4) is 0 Å². The van der Waals surface area contributed by atoms with Crippen molar-refractivity contribution in [2.75, 3.05) is 10.6 Å². The van der Waals surface area contributed by atoms with E-state index in [-0.39, 0.29) is 17.4 Å². The number of rotatable bonds is 5. The van der Waals surface area contributed by atoms with E-state index in [4.69, 9.17) is 0 Å². The number of hydrogen-bond acceptors (Lipinski definition) is 5. The first-order valence-corrected chi connectivity index (χ1v) is 8.52. The molecule has 0 spiro atoms. The Labute approximate surface area is 157 Å². The normalized spacial score (nSPS) is 10.3. The lowest BCUT2D eigenvalue weighted by Crippen LogP contribution is -2.15. The monoisotopic (exact) mass is 360 g/mol. The molecular formula is C21H20N4O2. The Morgan fingerprint density at radius 2 is 1.67 bits per heavy atom. The van der Waals surface area contributed by atoms with Gasteiger partial charge < -0.3 is 10.6 Å². The summed E-state index contributed by atoms with van der Waals surface area (Å²) < 4.78 is 0. The predicted octanol–water partition coefficient (Wildman–Crippen LogP) is 4.29. The summed E-state index contributed by atoms with van der Waals surface area (Å²) in [4.78, 5) is 32.5. The first-order chi connectivity index (χ1) is 12.9. The third kappa shape index (κ3) is 4.36. The number of Topliss-reactive ketones (excluding diaryl/α,β-unsaturated/α-hetero) is 1. The average Bonchev–Trinajstić information content (AvgIpc) is 2.65. The molecule has 1 amide bonds. The number of carbonyl (C=O) groups excluding carboxylic acids is 2. The van der Waals surface area contributed by atoms with E-state index in [1.807, 2.05) is 32.0 Å². The Morgan fingerprint density at radius 3 is 2.37 bits per heavy atom. The molecule has 0 bridgehead atoms. The Balaban J connectivity index is 1.80. The van der Waals surface area contributed by atoms with Crippen LogP contribution in [0.15, 0.2) is 54.7 Å². The molecular weight excluding hydrogens is 340 g/mol. The standard InChI is InChI=1S/C21H20N4O2/c1-13-6-4-7-14(2)19(13)25-21-22-11-10-18(24-21)20(27)23-17-9-5-8-16(12-17)15(3)26/h4-12H,1-3H3,(H,23,27)(H,22,24,25). The zero-order valence-electron chi connectivity index (χ0n) is 15.4. The van der Waals surface area contributed by atoms with Gasteiger partial charge in [0.2, 0.25) is 5.95 Å². The van der Waals surface area contributed by atoms with Crippen LogP contribution >= 0.6 is 0 Å². The lowest BCUT2D eigenvalue weighted by molar-refractivity contribution is 0.100. The highest BCUT2D eigenvalue weighted by molar-refractivity contribution is 6.04. The largest absolute Gasteiger partial charge is 0.324 e. The Hall–Kier alpha value is -3.54. The Kier molecular flexibility index (Phi) is 5.26. The Bertz CT molecular complexity index is 994. The fraction of sp³-hybridized carbons (Fsp3) is 0.143. The van der Waals surface area contributed by atoms with Gasteiger partial charge in [0.15, 0.2) is 5.78 Å². The number of benzene rings is 2. The van der Waals surface area contributed by atoms with Crippen LogP contribution in [0.5, 0.6) is 0 Å². The topological polar surface area (TPSA) is 84.0 Å². The van der Waals surface area contributed by atoms with Gasteiger partial charge in [0, 0.05) is 23.1 Å². The van der Waals surface area contributed by atoms with Gasteiger partial charge in [0.05, 0.1) is 0 Å². The molecule has 0 radical (unpaired) electrons. The van der Waals surface area contributed by atoms with Gasteiger partial charge in [-0.15, -0.1) is 0 Å². The summed E-state index contributed by atoms with van der Waals surface area (Å²) in [5, 5.41) is 5.93. The number of para-hydroxylation sites is 1. The molecule has 0 unspecified atom stereocenters.